The molecule has 6 nitrogen and oxygen atoms in total. The van der Waals surface area contributed by atoms with Crippen LogP contribution in [0.1, 0.15) is 25.7 Å². The second kappa shape index (κ2) is 5.65. The quantitative estimate of drug-likeness (QED) is 0.912. The molecule has 0 atom stereocenters. The Morgan fingerprint density at radius 3 is 2.65 bits per heavy atom. The number of rotatable bonds is 4. The van der Waals surface area contributed by atoms with Gasteiger partial charge >= 0.3 is 0 Å². The summed E-state index contributed by atoms with van der Waals surface area (Å²) in [7, 11) is -3.12. The molecule has 1 saturated carbocycles. The van der Waals surface area contributed by atoms with Crippen molar-refractivity contribution < 1.29 is 12.8 Å². The molecule has 2 fully saturated rings. The van der Waals surface area contributed by atoms with Crippen molar-refractivity contribution in [1.82, 2.24) is 9.71 Å². The van der Waals surface area contributed by atoms with Gasteiger partial charge in [-0.15, -0.1) is 0 Å². The van der Waals surface area contributed by atoms with Crippen molar-refractivity contribution in [3.63, 3.8) is 0 Å². The Bertz CT molecular complexity index is 824. The van der Waals surface area contributed by atoms with E-state index < -0.39 is 10.0 Å². The van der Waals surface area contributed by atoms with E-state index >= 15 is 0 Å². The molecule has 0 spiro atoms. The fourth-order valence-electron chi connectivity index (χ4n) is 2.92. The molecule has 1 saturated heterocycles. The Balaban J connectivity index is 1.42. The van der Waals surface area contributed by atoms with E-state index in [0.29, 0.717) is 16.6 Å². The molecule has 124 valence electrons. The molecule has 0 radical (unpaired) electrons. The molecule has 2 heterocycles. The van der Waals surface area contributed by atoms with Gasteiger partial charge in [0.05, 0.1) is 5.25 Å². The Hall–Kier alpha value is -1.31. The third-order valence-corrected chi connectivity index (χ3v) is 6.64. The van der Waals surface area contributed by atoms with E-state index in [9.17, 15) is 8.42 Å². The van der Waals surface area contributed by atoms with E-state index in [0.717, 1.165) is 44.3 Å². The molecule has 1 aromatic carbocycles. The SMILES string of the molecule is O=S(=O)(NC1CCN(c2nc3cc(Cl)ccc3o2)CC1)C1CC1. The minimum Gasteiger partial charge on any atom is -0.423 e. The summed E-state index contributed by atoms with van der Waals surface area (Å²) in [6.45, 7) is 1.44. The average Bonchev–Trinajstić information content (AvgIpc) is 3.29. The predicted octanol–water partition coefficient (Wildman–Crippen LogP) is 2.53. The van der Waals surface area contributed by atoms with Crippen LogP contribution < -0.4 is 9.62 Å². The highest BCUT2D eigenvalue weighted by Gasteiger charge is 2.37. The second-order valence-corrected chi connectivity index (χ2v) is 8.66. The summed E-state index contributed by atoms with van der Waals surface area (Å²) >= 11 is 5.96. The van der Waals surface area contributed by atoms with Gasteiger partial charge < -0.3 is 9.32 Å². The van der Waals surface area contributed by atoms with Crippen molar-refractivity contribution in [2.24, 2.45) is 0 Å². The van der Waals surface area contributed by atoms with Crippen LogP contribution in [0.2, 0.25) is 5.02 Å². The van der Waals surface area contributed by atoms with Crippen LogP contribution in [0.3, 0.4) is 0 Å². The van der Waals surface area contributed by atoms with Gasteiger partial charge in [0.25, 0.3) is 6.01 Å². The number of nitrogens with one attached hydrogen (secondary N) is 1. The topological polar surface area (TPSA) is 75.4 Å². The van der Waals surface area contributed by atoms with Crippen LogP contribution in [0.25, 0.3) is 11.1 Å². The lowest BCUT2D eigenvalue weighted by molar-refractivity contribution is 0.438. The summed E-state index contributed by atoms with van der Waals surface area (Å²) in [6, 6.07) is 5.95. The maximum absolute atomic E-state index is 12.0. The maximum atomic E-state index is 12.0. The van der Waals surface area contributed by atoms with Crippen molar-refractivity contribution in [3.8, 4) is 0 Å². The summed E-state index contributed by atoms with van der Waals surface area (Å²) in [5.41, 5.74) is 1.45. The summed E-state index contributed by atoms with van der Waals surface area (Å²) in [4.78, 5) is 6.52. The highest BCUT2D eigenvalue weighted by Crippen LogP contribution is 2.29. The third kappa shape index (κ3) is 3.18. The lowest BCUT2D eigenvalue weighted by Gasteiger charge is -2.31. The lowest BCUT2D eigenvalue weighted by atomic mass is 10.1. The molecule has 1 aliphatic carbocycles. The average molecular weight is 356 g/mol. The van der Waals surface area contributed by atoms with E-state index in [1.54, 1.807) is 12.1 Å². The smallest absolute Gasteiger partial charge is 0.298 e. The van der Waals surface area contributed by atoms with Crippen molar-refractivity contribution in [2.75, 3.05) is 18.0 Å². The number of sulfonamides is 1. The van der Waals surface area contributed by atoms with Crippen LogP contribution >= 0.6 is 11.6 Å². The molecule has 1 N–H and O–H groups in total. The zero-order chi connectivity index (χ0) is 16.0. The highest BCUT2D eigenvalue weighted by atomic mass is 35.5. The third-order valence-electron chi connectivity index (χ3n) is 4.40. The zero-order valence-electron chi connectivity index (χ0n) is 12.5. The van der Waals surface area contributed by atoms with Crippen LogP contribution in [0.15, 0.2) is 22.6 Å². The van der Waals surface area contributed by atoms with Gasteiger partial charge in [0.2, 0.25) is 10.0 Å². The van der Waals surface area contributed by atoms with Crippen molar-refractivity contribution in [3.05, 3.63) is 23.2 Å². The number of fused-ring (bicyclic) bond motifs is 1. The minimum absolute atomic E-state index is 0.00988. The first-order chi connectivity index (χ1) is 11.0. The standard InChI is InChI=1S/C15H18ClN3O3S/c16-10-1-4-14-13(9-10)17-15(22-14)19-7-5-11(6-8-19)18-23(20,21)12-2-3-12/h1,4,9,11-12,18H,2-3,5-8H2. The number of nitrogens with zero attached hydrogens (tertiary/aromatic N) is 2. The molecule has 2 aromatic rings. The van der Waals surface area contributed by atoms with Crippen LogP contribution in [0.5, 0.6) is 0 Å². The maximum Gasteiger partial charge on any atom is 0.298 e. The van der Waals surface area contributed by atoms with Gasteiger partial charge in [-0.25, -0.2) is 13.1 Å². The highest BCUT2D eigenvalue weighted by molar-refractivity contribution is 7.90. The molecule has 23 heavy (non-hydrogen) atoms. The number of oxazole rings is 1. The van der Waals surface area contributed by atoms with Gasteiger partial charge in [-0.3, -0.25) is 0 Å². The Labute approximate surface area is 139 Å². The van der Waals surface area contributed by atoms with E-state index in [4.69, 9.17) is 16.0 Å². The monoisotopic (exact) mass is 355 g/mol. The number of anilines is 1. The largest absolute Gasteiger partial charge is 0.423 e. The van der Waals surface area contributed by atoms with E-state index in [-0.39, 0.29) is 11.3 Å². The van der Waals surface area contributed by atoms with Gasteiger partial charge in [-0.1, -0.05) is 11.6 Å². The normalized spacial score (nSPS) is 20.3. The minimum atomic E-state index is -3.12. The van der Waals surface area contributed by atoms with E-state index in [1.165, 1.54) is 0 Å². The number of hydrogen-bond acceptors (Lipinski definition) is 5. The Morgan fingerprint density at radius 1 is 1.22 bits per heavy atom. The molecule has 2 aliphatic rings. The lowest BCUT2D eigenvalue weighted by Crippen LogP contribution is -2.45. The molecule has 0 amide bonds. The number of halogens is 1. The molecule has 8 heteroatoms. The van der Waals surface area contributed by atoms with E-state index in [2.05, 4.69) is 14.6 Å². The number of benzene rings is 1. The van der Waals surface area contributed by atoms with Gasteiger partial charge in [-0.2, -0.15) is 4.98 Å². The predicted molar refractivity (Wildman–Crippen MR) is 89.3 cm³/mol. The van der Waals surface area contributed by atoms with Crippen LogP contribution in [-0.2, 0) is 10.0 Å². The fourth-order valence-corrected chi connectivity index (χ4v) is 4.73. The second-order valence-electron chi connectivity index (χ2n) is 6.23. The summed E-state index contributed by atoms with van der Waals surface area (Å²) < 4.78 is 32.6. The molecule has 1 aromatic heterocycles. The van der Waals surface area contributed by atoms with Crippen molar-refractivity contribution >= 4 is 38.7 Å². The Morgan fingerprint density at radius 2 is 1.96 bits per heavy atom. The molecular weight excluding hydrogens is 338 g/mol. The van der Waals surface area contributed by atoms with Gasteiger partial charge in [0, 0.05) is 24.2 Å². The van der Waals surface area contributed by atoms with Crippen molar-refractivity contribution in [2.45, 2.75) is 37.0 Å². The van der Waals surface area contributed by atoms with Crippen LogP contribution in [0.4, 0.5) is 6.01 Å². The molecule has 0 unspecified atom stereocenters. The summed E-state index contributed by atoms with van der Waals surface area (Å²) in [5.74, 6) is 0. The number of aromatic nitrogens is 1. The van der Waals surface area contributed by atoms with Gasteiger partial charge in [0.15, 0.2) is 5.58 Å². The van der Waals surface area contributed by atoms with Crippen LogP contribution in [-0.4, -0.2) is 37.8 Å². The van der Waals surface area contributed by atoms with E-state index in [1.807, 2.05) is 6.07 Å². The molecule has 1 aliphatic heterocycles. The number of hydrogen-bond donors (Lipinski definition) is 1. The van der Waals surface area contributed by atoms with Crippen LogP contribution in [0, 0.1) is 0 Å². The molecule has 4 rings (SSSR count). The first kappa shape index (κ1) is 15.2. The Kier molecular flexibility index (Phi) is 3.74. The van der Waals surface area contributed by atoms with Gasteiger partial charge in [-0.05, 0) is 43.9 Å². The first-order valence-corrected chi connectivity index (χ1v) is 9.76. The molecule has 0 bridgehead atoms. The van der Waals surface area contributed by atoms with Gasteiger partial charge in [0.1, 0.15) is 5.52 Å². The zero-order valence-corrected chi connectivity index (χ0v) is 14.1. The van der Waals surface area contributed by atoms with Crippen molar-refractivity contribution in [1.29, 1.82) is 0 Å². The number of piperidine rings is 1. The first-order valence-electron chi connectivity index (χ1n) is 7.83. The fraction of sp³-hybridized carbons (Fsp3) is 0.533. The summed E-state index contributed by atoms with van der Waals surface area (Å²) in [6.07, 6.45) is 3.09. The molecular formula is C15H18ClN3O3S. The summed E-state index contributed by atoms with van der Waals surface area (Å²) in [5, 5.41) is 0.466.